The Labute approximate surface area is 128 Å². The number of hydrogen-bond acceptors (Lipinski definition) is 2. The number of primary amides is 1. The van der Waals surface area contributed by atoms with Gasteiger partial charge in [0.1, 0.15) is 0 Å². The van der Waals surface area contributed by atoms with Gasteiger partial charge in [-0.1, -0.05) is 25.7 Å². The van der Waals surface area contributed by atoms with Crippen molar-refractivity contribution in [3.8, 4) is 0 Å². The van der Waals surface area contributed by atoms with Gasteiger partial charge in [0.2, 0.25) is 11.8 Å². The van der Waals surface area contributed by atoms with Crippen molar-refractivity contribution in [1.82, 2.24) is 5.32 Å². The fourth-order valence-electron chi connectivity index (χ4n) is 2.99. The van der Waals surface area contributed by atoms with E-state index >= 15 is 0 Å². The highest BCUT2D eigenvalue weighted by Gasteiger charge is 2.38. The van der Waals surface area contributed by atoms with Crippen molar-refractivity contribution in [3.05, 3.63) is 0 Å². The lowest BCUT2D eigenvalue weighted by atomic mass is 9.82. The van der Waals surface area contributed by atoms with Crippen molar-refractivity contribution < 1.29 is 9.59 Å². The van der Waals surface area contributed by atoms with Crippen LogP contribution in [0.5, 0.6) is 0 Å². The van der Waals surface area contributed by atoms with E-state index in [2.05, 4.69) is 5.32 Å². The van der Waals surface area contributed by atoms with Gasteiger partial charge in [0, 0.05) is 17.4 Å². The van der Waals surface area contributed by atoms with E-state index in [4.69, 9.17) is 5.73 Å². The van der Waals surface area contributed by atoms with E-state index < -0.39 is 0 Å². The van der Waals surface area contributed by atoms with Crippen LogP contribution in [0.2, 0.25) is 0 Å². The summed E-state index contributed by atoms with van der Waals surface area (Å²) in [6.07, 6.45) is 7.55. The SMILES string of the molecule is CC(C)(C)NC(=O)[C@H](CC1CC1)C(CCC1CC1)C(N)=O. The summed E-state index contributed by atoms with van der Waals surface area (Å²) < 4.78 is 0. The lowest BCUT2D eigenvalue weighted by Gasteiger charge is -2.29. The maximum atomic E-state index is 12.6. The highest BCUT2D eigenvalue weighted by atomic mass is 16.2. The molecule has 0 aromatic carbocycles. The molecule has 2 aliphatic carbocycles. The van der Waals surface area contributed by atoms with Gasteiger partial charge in [0.05, 0.1) is 0 Å². The first-order valence-corrected chi connectivity index (χ1v) is 8.37. The van der Waals surface area contributed by atoms with Crippen LogP contribution in [0, 0.1) is 23.7 Å². The smallest absolute Gasteiger partial charge is 0.224 e. The molecule has 0 spiro atoms. The zero-order chi connectivity index (χ0) is 15.6. The molecule has 2 amide bonds. The van der Waals surface area contributed by atoms with Gasteiger partial charge >= 0.3 is 0 Å². The first-order valence-electron chi connectivity index (χ1n) is 8.37. The van der Waals surface area contributed by atoms with Gasteiger partial charge < -0.3 is 11.1 Å². The van der Waals surface area contributed by atoms with E-state index in [0.29, 0.717) is 5.92 Å². The Morgan fingerprint density at radius 2 is 1.67 bits per heavy atom. The average molecular weight is 294 g/mol. The Kier molecular flexibility index (Phi) is 4.95. The number of hydrogen-bond donors (Lipinski definition) is 2. The third-order valence-corrected chi connectivity index (χ3v) is 4.55. The van der Waals surface area contributed by atoms with Crippen molar-refractivity contribution in [2.45, 2.75) is 71.3 Å². The molecule has 0 aromatic heterocycles. The predicted molar refractivity (Wildman–Crippen MR) is 83.4 cm³/mol. The van der Waals surface area contributed by atoms with Gasteiger partial charge in [-0.05, 0) is 51.9 Å². The molecule has 2 saturated carbocycles. The summed E-state index contributed by atoms with van der Waals surface area (Å²) in [7, 11) is 0. The molecule has 0 heterocycles. The molecule has 4 heteroatoms. The molecule has 2 rings (SSSR count). The Hall–Kier alpha value is -1.06. The van der Waals surface area contributed by atoms with E-state index in [1.54, 1.807) is 0 Å². The molecule has 0 aliphatic heterocycles. The molecule has 4 nitrogen and oxygen atoms in total. The highest BCUT2D eigenvalue weighted by molar-refractivity contribution is 5.87. The third-order valence-electron chi connectivity index (χ3n) is 4.55. The van der Waals surface area contributed by atoms with E-state index in [9.17, 15) is 9.59 Å². The monoisotopic (exact) mass is 294 g/mol. The van der Waals surface area contributed by atoms with Gasteiger partial charge in [-0.3, -0.25) is 9.59 Å². The second-order valence-electron chi connectivity index (χ2n) is 8.05. The van der Waals surface area contributed by atoms with Crippen molar-refractivity contribution in [1.29, 1.82) is 0 Å². The first kappa shape index (κ1) is 16.3. The maximum absolute atomic E-state index is 12.6. The van der Waals surface area contributed by atoms with Crippen LogP contribution in [0.25, 0.3) is 0 Å². The average Bonchev–Trinajstić information content (AvgIpc) is 3.20. The van der Waals surface area contributed by atoms with E-state index in [-0.39, 0.29) is 29.2 Å². The van der Waals surface area contributed by atoms with Crippen molar-refractivity contribution in [3.63, 3.8) is 0 Å². The molecule has 120 valence electrons. The fraction of sp³-hybridized carbons (Fsp3) is 0.882. The highest BCUT2D eigenvalue weighted by Crippen LogP contribution is 2.40. The lowest BCUT2D eigenvalue weighted by molar-refractivity contribution is -0.135. The molecule has 0 saturated heterocycles. The van der Waals surface area contributed by atoms with E-state index in [1.807, 2.05) is 20.8 Å². The quantitative estimate of drug-likeness (QED) is 0.722. The van der Waals surface area contributed by atoms with Crippen molar-refractivity contribution >= 4 is 11.8 Å². The van der Waals surface area contributed by atoms with Crippen LogP contribution in [0.3, 0.4) is 0 Å². The molecular formula is C17H30N2O2. The molecule has 3 N–H and O–H groups in total. The molecule has 2 aliphatic rings. The second kappa shape index (κ2) is 6.37. The third kappa shape index (κ3) is 5.68. The lowest BCUT2D eigenvalue weighted by Crippen LogP contribution is -2.47. The zero-order valence-corrected chi connectivity index (χ0v) is 13.7. The van der Waals surface area contributed by atoms with Gasteiger partial charge in [0.25, 0.3) is 0 Å². The predicted octanol–water partition coefficient (Wildman–Crippen LogP) is 2.61. The molecular weight excluding hydrogens is 264 g/mol. The van der Waals surface area contributed by atoms with Crippen LogP contribution in [0.4, 0.5) is 0 Å². The van der Waals surface area contributed by atoms with Gasteiger partial charge in [0.15, 0.2) is 0 Å². The summed E-state index contributed by atoms with van der Waals surface area (Å²) in [6.45, 7) is 5.92. The number of carbonyl (C=O) groups excluding carboxylic acids is 2. The number of carbonyl (C=O) groups is 2. The Morgan fingerprint density at radius 3 is 2.10 bits per heavy atom. The number of rotatable bonds is 8. The zero-order valence-electron chi connectivity index (χ0n) is 13.7. The summed E-state index contributed by atoms with van der Waals surface area (Å²) in [5.41, 5.74) is 5.36. The Morgan fingerprint density at radius 1 is 1.10 bits per heavy atom. The fourth-order valence-corrected chi connectivity index (χ4v) is 2.99. The molecule has 0 bridgehead atoms. The number of nitrogens with two attached hydrogens (primary N) is 1. The minimum atomic E-state index is -0.301. The molecule has 2 atom stereocenters. The van der Waals surface area contributed by atoms with Crippen LogP contribution in [0.15, 0.2) is 0 Å². The van der Waals surface area contributed by atoms with Crippen LogP contribution < -0.4 is 11.1 Å². The van der Waals surface area contributed by atoms with Crippen LogP contribution in [0.1, 0.15) is 65.7 Å². The first-order chi connectivity index (χ1) is 9.76. The standard InChI is InChI=1S/C17H30N2O2/c1-17(2,3)19-16(21)14(10-12-6-7-12)13(15(18)20)9-8-11-4-5-11/h11-14H,4-10H2,1-3H3,(H2,18,20)(H,19,21)/t13?,14-/m1/s1. The maximum Gasteiger partial charge on any atom is 0.224 e. The largest absolute Gasteiger partial charge is 0.369 e. The van der Waals surface area contributed by atoms with Gasteiger partial charge in [-0.25, -0.2) is 0 Å². The van der Waals surface area contributed by atoms with E-state index in [0.717, 1.165) is 25.2 Å². The summed E-state index contributed by atoms with van der Waals surface area (Å²) in [5.74, 6) is 0.545. The summed E-state index contributed by atoms with van der Waals surface area (Å²) in [4.78, 5) is 24.5. The molecule has 21 heavy (non-hydrogen) atoms. The Balaban J connectivity index is 2.02. The Bertz CT molecular complexity index is 392. The molecule has 2 fully saturated rings. The molecule has 0 radical (unpaired) electrons. The molecule has 0 aromatic rings. The van der Waals surface area contributed by atoms with E-state index in [1.165, 1.54) is 25.7 Å². The number of nitrogens with one attached hydrogen (secondary N) is 1. The summed E-state index contributed by atoms with van der Waals surface area (Å²) in [5, 5.41) is 3.04. The van der Waals surface area contributed by atoms with Crippen LogP contribution >= 0.6 is 0 Å². The minimum Gasteiger partial charge on any atom is -0.369 e. The van der Waals surface area contributed by atoms with Crippen molar-refractivity contribution in [2.75, 3.05) is 0 Å². The topological polar surface area (TPSA) is 72.2 Å². The summed E-state index contributed by atoms with van der Waals surface area (Å²) >= 11 is 0. The van der Waals surface area contributed by atoms with Crippen LogP contribution in [-0.2, 0) is 9.59 Å². The summed E-state index contributed by atoms with van der Waals surface area (Å²) in [6, 6.07) is 0. The minimum absolute atomic E-state index is 0.00833. The number of amides is 2. The van der Waals surface area contributed by atoms with Gasteiger partial charge in [-0.15, -0.1) is 0 Å². The van der Waals surface area contributed by atoms with Crippen LogP contribution in [-0.4, -0.2) is 17.4 Å². The normalized spacial score (nSPS) is 21.7. The molecule has 1 unspecified atom stereocenters. The van der Waals surface area contributed by atoms with Crippen molar-refractivity contribution in [2.24, 2.45) is 29.4 Å². The van der Waals surface area contributed by atoms with Gasteiger partial charge in [-0.2, -0.15) is 0 Å². The second-order valence-corrected chi connectivity index (χ2v) is 8.05.